The summed E-state index contributed by atoms with van der Waals surface area (Å²) in [6, 6.07) is 11.1. The number of anilines is 2. The van der Waals surface area contributed by atoms with Gasteiger partial charge >= 0.3 is 0 Å². The van der Waals surface area contributed by atoms with Crippen molar-refractivity contribution in [2.75, 3.05) is 51.1 Å². The Morgan fingerprint density at radius 3 is 2.70 bits per heavy atom. The number of nitrogens with zero attached hydrogens (tertiary/aromatic N) is 5. The molecule has 0 bridgehead atoms. The van der Waals surface area contributed by atoms with Crippen LogP contribution in [0.25, 0.3) is 26.8 Å². The van der Waals surface area contributed by atoms with Gasteiger partial charge in [0.25, 0.3) is 0 Å². The van der Waals surface area contributed by atoms with Gasteiger partial charge in [0.2, 0.25) is 5.91 Å². The van der Waals surface area contributed by atoms with E-state index in [1.54, 1.807) is 11.3 Å². The van der Waals surface area contributed by atoms with Crippen LogP contribution in [-0.2, 0) is 4.79 Å². The molecule has 2 fully saturated rings. The molecular weight excluding hydrogens is 518 g/mol. The zero-order chi connectivity index (χ0) is 27.3. The quantitative estimate of drug-likeness (QED) is 0.321. The van der Waals surface area contributed by atoms with Crippen molar-refractivity contribution in [1.82, 2.24) is 29.7 Å². The van der Waals surface area contributed by atoms with Gasteiger partial charge in [-0.25, -0.2) is 9.97 Å². The van der Waals surface area contributed by atoms with Gasteiger partial charge in [-0.2, -0.15) is 0 Å². The number of carbonyl (C=O) groups excluding carboxylic acids is 1. The van der Waals surface area contributed by atoms with Crippen LogP contribution >= 0.6 is 11.3 Å². The maximum absolute atomic E-state index is 13.6. The van der Waals surface area contributed by atoms with Gasteiger partial charge in [-0.05, 0) is 69.0 Å². The molecule has 3 aliphatic rings. The second-order valence-corrected chi connectivity index (χ2v) is 12.8. The molecule has 3 aromatic heterocycles. The van der Waals surface area contributed by atoms with Gasteiger partial charge in [-0.15, -0.1) is 11.3 Å². The monoisotopic (exact) mass is 555 g/mol. The second kappa shape index (κ2) is 10.3. The largest absolute Gasteiger partial charge is 0.355 e. The van der Waals surface area contributed by atoms with E-state index in [0.717, 1.165) is 96.8 Å². The zero-order valence-electron chi connectivity index (χ0n) is 23.3. The summed E-state index contributed by atoms with van der Waals surface area (Å²) in [7, 11) is 0. The number of hydrogen-bond acceptors (Lipinski definition) is 7. The van der Waals surface area contributed by atoms with Crippen molar-refractivity contribution in [2.24, 2.45) is 5.41 Å². The van der Waals surface area contributed by atoms with Crippen molar-refractivity contribution in [3.63, 3.8) is 0 Å². The number of aromatic amines is 1. The van der Waals surface area contributed by atoms with Gasteiger partial charge in [0.15, 0.2) is 0 Å². The van der Waals surface area contributed by atoms with E-state index in [-0.39, 0.29) is 5.41 Å². The Morgan fingerprint density at radius 1 is 1.10 bits per heavy atom. The summed E-state index contributed by atoms with van der Waals surface area (Å²) in [4.78, 5) is 33.3. The fourth-order valence-electron chi connectivity index (χ4n) is 6.29. The maximum Gasteiger partial charge on any atom is 0.230 e. The molecule has 1 saturated carbocycles. The molecule has 40 heavy (non-hydrogen) atoms. The van der Waals surface area contributed by atoms with Crippen molar-refractivity contribution in [3.05, 3.63) is 53.8 Å². The molecule has 9 heteroatoms. The molecule has 208 valence electrons. The first-order valence-electron chi connectivity index (χ1n) is 14.5. The van der Waals surface area contributed by atoms with Crippen LogP contribution in [0, 0.1) is 5.41 Å². The van der Waals surface area contributed by atoms with E-state index in [4.69, 9.17) is 0 Å². The number of H-pyrrole nitrogens is 1. The molecule has 0 atom stereocenters. The molecule has 1 aliphatic carbocycles. The Kier molecular flexibility index (Phi) is 6.60. The van der Waals surface area contributed by atoms with E-state index in [0.29, 0.717) is 18.5 Å². The Labute approximate surface area is 239 Å². The second-order valence-electron chi connectivity index (χ2n) is 11.9. The third kappa shape index (κ3) is 4.91. The van der Waals surface area contributed by atoms with E-state index in [2.05, 4.69) is 73.1 Å². The van der Waals surface area contributed by atoms with Gasteiger partial charge in [0.05, 0.1) is 26.8 Å². The molecule has 1 amide bonds. The molecule has 0 radical (unpaired) electrons. The summed E-state index contributed by atoms with van der Waals surface area (Å²) >= 11 is 1.65. The van der Waals surface area contributed by atoms with Crippen LogP contribution in [0.3, 0.4) is 0 Å². The molecular formula is C31H37N7OS. The van der Waals surface area contributed by atoms with Crippen LogP contribution in [0.4, 0.5) is 11.4 Å². The predicted molar refractivity (Wildman–Crippen MR) is 163 cm³/mol. The number of fused-ring (bicyclic) bond motifs is 2. The molecule has 1 aromatic carbocycles. The number of piperazine rings is 1. The Hall–Kier alpha value is -3.27. The first-order chi connectivity index (χ1) is 19.5. The molecule has 2 N–H and O–H groups in total. The number of benzene rings is 1. The van der Waals surface area contributed by atoms with Gasteiger partial charge < -0.3 is 15.2 Å². The Bertz CT molecular complexity index is 1570. The lowest BCUT2D eigenvalue weighted by molar-refractivity contribution is -0.137. The average Bonchev–Trinajstić information content (AvgIpc) is 3.38. The number of nitrogens with one attached hydrogen (secondary N) is 2. The number of hydrogen-bond donors (Lipinski definition) is 2. The van der Waals surface area contributed by atoms with Gasteiger partial charge in [-0.1, -0.05) is 6.08 Å². The van der Waals surface area contributed by atoms with Crippen LogP contribution in [0.2, 0.25) is 0 Å². The highest BCUT2D eigenvalue weighted by Gasteiger charge is 2.52. The highest BCUT2D eigenvalue weighted by atomic mass is 32.1. The maximum atomic E-state index is 13.6. The third-order valence-corrected chi connectivity index (χ3v) is 9.75. The number of rotatable bonds is 7. The zero-order valence-corrected chi connectivity index (χ0v) is 24.1. The summed E-state index contributed by atoms with van der Waals surface area (Å²) < 4.78 is 1.16. The minimum Gasteiger partial charge on any atom is -0.355 e. The van der Waals surface area contributed by atoms with Crippen LogP contribution in [0.1, 0.15) is 38.8 Å². The van der Waals surface area contributed by atoms with E-state index < -0.39 is 0 Å². The summed E-state index contributed by atoms with van der Waals surface area (Å²) in [5.74, 6) is 0.358. The lowest BCUT2D eigenvalue weighted by atomic mass is 10.00. The lowest BCUT2D eigenvalue weighted by Crippen LogP contribution is -2.52. The van der Waals surface area contributed by atoms with Crippen LogP contribution in [0.5, 0.6) is 0 Å². The molecule has 1 saturated heterocycles. The highest BCUT2D eigenvalue weighted by Crippen LogP contribution is 2.48. The third-order valence-electron chi connectivity index (χ3n) is 8.96. The number of amides is 1. The highest BCUT2D eigenvalue weighted by molar-refractivity contribution is 7.16. The van der Waals surface area contributed by atoms with E-state index in [1.165, 1.54) is 5.57 Å². The average molecular weight is 556 g/mol. The minimum atomic E-state index is -0.154. The summed E-state index contributed by atoms with van der Waals surface area (Å²) in [6.07, 6.45) is 6.98. The Morgan fingerprint density at radius 2 is 1.95 bits per heavy atom. The molecule has 8 nitrogen and oxygen atoms in total. The minimum absolute atomic E-state index is 0.154. The van der Waals surface area contributed by atoms with E-state index in [9.17, 15) is 4.79 Å². The molecule has 0 unspecified atom stereocenters. The number of carbonyl (C=O) groups is 1. The smallest absolute Gasteiger partial charge is 0.230 e. The molecule has 7 rings (SSSR count). The number of thiazole rings is 1. The standard InChI is InChI=1S/C31H37N7OS/c1-21(2)37-15-13-36(14-16-37)19-31(8-9-31)30(39)38-11-6-22(7-12-38)27-18-24-25(5-10-32-29(24)35-27)34-23-3-4-26-28(17-23)40-20-33-26/h3-6,10,17-18,20-21H,7-9,11-16,19H2,1-2H3,(H2,32,34,35). The van der Waals surface area contributed by atoms with E-state index in [1.807, 2.05) is 23.8 Å². The lowest BCUT2D eigenvalue weighted by Gasteiger charge is -2.39. The van der Waals surface area contributed by atoms with E-state index >= 15 is 0 Å². The predicted octanol–water partition coefficient (Wildman–Crippen LogP) is 5.34. The van der Waals surface area contributed by atoms with Gasteiger partial charge in [0.1, 0.15) is 5.65 Å². The summed E-state index contributed by atoms with van der Waals surface area (Å²) in [5, 5.41) is 4.64. The molecule has 4 aromatic rings. The van der Waals surface area contributed by atoms with Gasteiger partial charge in [0, 0.05) is 74.8 Å². The van der Waals surface area contributed by atoms with Crippen molar-refractivity contribution >= 4 is 55.4 Å². The first-order valence-corrected chi connectivity index (χ1v) is 15.4. The normalized spacial score (nSPS) is 19.9. The fourth-order valence-corrected chi connectivity index (χ4v) is 7.00. The number of pyridine rings is 1. The molecule has 5 heterocycles. The fraction of sp³-hybridized carbons (Fsp3) is 0.452. The van der Waals surface area contributed by atoms with Crippen molar-refractivity contribution in [1.29, 1.82) is 0 Å². The Balaban J connectivity index is 1.02. The first kappa shape index (κ1) is 25.7. The van der Waals surface area contributed by atoms with Crippen molar-refractivity contribution in [3.8, 4) is 0 Å². The molecule has 0 spiro atoms. The van der Waals surface area contributed by atoms with Crippen LogP contribution in [-0.4, -0.2) is 87.4 Å². The summed E-state index contributed by atoms with van der Waals surface area (Å²) in [6.45, 7) is 11.3. The molecule has 2 aliphatic heterocycles. The van der Waals surface area contributed by atoms with Crippen molar-refractivity contribution < 1.29 is 4.79 Å². The summed E-state index contributed by atoms with van der Waals surface area (Å²) in [5.41, 5.74) is 8.02. The van der Waals surface area contributed by atoms with Gasteiger partial charge in [-0.3, -0.25) is 14.6 Å². The van der Waals surface area contributed by atoms with Crippen LogP contribution in [0.15, 0.2) is 48.1 Å². The van der Waals surface area contributed by atoms with Crippen LogP contribution < -0.4 is 5.32 Å². The SMILES string of the molecule is CC(C)N1CCN(CC2(C(=O)N3CC=C(c4cc5c(Nc6ccc7ncsc7c6)ccnc5[nH]4)CC3)CC2)CC1. The topological polar surface area (TPSA) is 80.4 Å². The number of aromatic nitrogens is 3. The van der Waals surface area contributed by atoms with Crippen molar-refractivity contribution in [2.45, 2.75) is 39.2 Å².